The summed E-state index contributed by atoms with van der Waals surface area (Å²) >= 11 is 0. The van der Waals surface area contributed by atoms with Gasteiger partial charge >= 0.3 is 5.97 Å². The van der Waals surface area contributed by atoms with Crippen LogP contribution in [0.5, 0.6) is 5.75 Å². The van der Waals surface area contributed by atoms with E-state index < -0.39 is 0 Å². The molecule has 30 heavy (non-hydrogen) atoms. The highest BCUT2D eigenvalue weighted by Gasteiger charge is 2.67. The molecule has 2 aromatic carbocycles. The predicted octanol–water partition coefficient (Wildman–Crippen LogP) is 3.39. The molecule has 2 bridgehead atoms. The zero-order chi connectivity index (χ0) is 20.4. The Kier molecular flexibility index (Phi) is 3.76. The minimum Gasteiger partial charge on any atom is -0.426 e. The van der Waals surface area contributed by atoms with Gasteiger partial charge in [-0.25, -0.2) is 0 Å². The third-order valence-corrected chi connectivity index (χ3v) is 7.18. The van der Waals surface area contributed by atoms with Crippen LogP contribution in [-0.2, 0) is 20.8 Å². The monoisotopic (exact) mass is 399 g/mol. The van der Waals surface area contributed by atoms with Gasteiger partial charge in [0.1, 0.15) is 5.75 Å². The third-order valence-electron chi connectivity index (χ3n) is 7.18. The van der Waals surface area contributed by atoms with E-state index in [0.717, 1.165) is 12.0 Å². The number of esters is 1. The third kappa shape index (κ3) is 2.58. The zero-order valence-electron chi connectivity index (χ0n) is 16.3. The van der Waals surface area contributed by atoms with Crippen LogP contribution in [0.4, 0.5) is 5.69 Å². The Morgan fingerprint density at radius 3 is 2.07 bits per heavy atom. The number of allylic oxidation sites excluding steroid dienone is 2. The van der Waals surface area contributed by atoms with Crippen molar-refractivity contribution < 1.29 is 19.1 Å². The number of hydrogen-bond acceptors (Lipinski definition) is 4. The van der Waals surface area contributed by atoms with E-state index >= 15 is 0 Å². The van der Waals surface area contributed by atoms with Gasteiger partial charge in [0.05, 0.1) is 23.9 Å². The van der Waals surface area contributed by atoms with Crippen molar-refractivity contribution >= 4 is 23.5 Å². The molecule has 2 saturated carbocycles. The fourth-order valence-electron chi connectivity index (χ4n) is 5.80. The minimum atomic E-state index is -0.352. The molecule has 1 heterocycles. The molecule has 1 aliphatic heterocycles. The van der Waals surface area contributed by atoms with E-state index in [0.29, 0.717) is 23.3 Å². The predicted molar refractivity (Wildman–Crippen MR) is 109 cm³/mol. The van der Waals surface area contributed by atoms with Crippen molar-refractivity contribution in [1.29, 1.82) is 0 Å². The lowest BCUT2D eigenvalue weighted by Crippen LogP contribution is -2.40. The van der Waals surface area contributed by atoms with E-state index in [2.05, 4.69) is 12.2 Å². The number of benzene rings is 2. The normalized spacial score (nSPS) is 32.7. The van der Waals surface area contributed by atoms with Gasteiger partial charge in [-0.15, -0.1) is 0 Å². The largest absolute Gasteiger partial charge is 0.426 e. The summed E-state index contributed by atoms with van der Waals surface area (Å²) in [6, 6.07) is 16.1. The van der Waals surface area contributed by atoms with E-state index in [4.69, 9.17) is 4.74 Å². The van der Waals surface area contributed by atoms with Crippen LogP contribution in [-0.4, -0.2) is 17.8 Å². The molecule has 5 aliphatic rings. The molecule has 4 aliphatic carbocycles. The maximum absolute atomic E-state index is 13.2. The van der Waals surface area contributed by atoms with Gasteiger partial charge in [0.25, 0.3) is 0 Å². The topological polar surface area (TPSA) is 63.7 Å². The van der Waals surface area contributed by atoms with Crippen molar-refractivity contribution in [3.8, 4) is 5.75 Å². The number of anilines is 1. The molecule has 2 aromatic rings. The number of carbonyl (C=O) groups is 3. The Bertz CT molecular complexity index is 1040. The summed E-state index contributed by atoms with van der Waals surface area (Å²) in [6.45, 7) is 0. The minimum absolute atomic E-state index is 0.0801. The molecule has 0 aromatic heterocycles. The summed E-state index contributed by atoms with van der Waals surface area (Å²) in [5.41, 5.74) is 1.44. The maximum atomic E-state index is 13.2. The van der Waals surface area contributed by atoms with Crippen molar-refractivity contribution in [3.63, 3.8) is 0 Å². The van der Waals surface area contributed by atoms with Crippen molar-refractivity contribution in [3.05, 3.63) is 72.3 Å². The van der Waals surface area contributed by atoms with Crippen LogP contribution >= 0.6 is 0 Å². The van der Waals surface area contributed by atoms with E-state index in [1.807, 2.05) is 30.3 Å². The van der Waals surface area contributed by atoms with Crippen LogP contribution in [0.2, 0.25) is 0 Å². The van der Waals surface area contributed by atoms with Crippen LogP contribution in [0.1, 0.15) is 12.0 Å². The first-order valence-electron chi connectivity index (χ1n) is 10.5. The molecule has 0 radical (unpaired) electrons. The highest BCUT2D eigenvalue weighted by atomic mass is 16.5. The lowest BCUT2D eigenvalue weighted by molar-refractivity contribution is -0.133. The average molecular weight is 399 g/mol. The molecule has 5 heteroatoms. The maximum Gasteiger partial charge on any atom is 0.315 e. The number of hydrogen-bond donors (Lipinski definition) is 0. The fourth-order valence-corrected chi connectivity index (χ4v) is 5.80. The number of carbonyl (C=O) groups excluding carboxylic acids is 3. The first-order valence-corrected chi connectivity index (χ1v) is 10.5. The molecule has 2 amide bonds. The van der Waals surface area contributed by atoms with Crippen molar-refractivity contribution in [2.24, 2.45) is 35.5 Å². The molecular formula is C25H21NO4. The van der Waals surface area contributed by atoms with Crippen LogP contribution in [0.3, 0.4) is 0 Å². The summed E-state index contributed by atoms with van der Waals surface area (Å²) in [5.74, 6) is 1.07. The zero-order valence-corrected chi connectivity index (χ0v) is 16.3. The summed E-state index contributed by atoms with van der Waals surface area (Å²) in [6.07, 6.45) is 5.68. The Morgan fingerprint density at radius 2 is 1.47 bits per heavy atom. The fraction of sp³-hybridized carbons (Fsp3) is 0.320. The highest BCUT2D eigenvalue weighted by molar-refractivity contribution is 6.22. The lowest BCUT2D eigenvalue weighted by atomic mass is 9.63. The summed E-state index contributed by atoms with van der Waals surface area (Å²) in [4.78, 5) is 39.8. The molecule has 6 atom stereocenters. The lowest BCUT2D eigenvalue weighted by Gasteiger charge is -2.37. The molecule has 5 nitrogen and oxygen atoms in total. The van der Waals surface area contributed by atoms with Gasteiger partial charge in [0.15, 0.2) is 0 Å². The van der Waals surface area contributed by atoms with Gasteiger partial charge in [0, 0.05) is 0 Å². The number of ether oxygens (including phenoxy) is 1. The SMILES string of the molecule is O=C(Cc1ccccc1)Oc1ccc(N2C(=O)C3C4C=CC(C5CC45)C3C2=O)cc1. The van der Waals surface area contributed by atoms with Gasteiger partial charge in [0.2, 0.25) is 11.8 Å². The van der Waals surface area contributed by atoms with E-state index in [-0.39, 0.29) is 47.9 Å². The molecular weight excluding hydrogens is 378 g/mol. The first kappa shape index (κ1) is 17.6. The van der Waals surface area contributed by atoms with Crippen LogP contribution in [0.15, 0.2) is 66.7 Å². The second kappa shape index (κ2) is 6.39. The molecule has 6 unspecified atom stereocenters. The number of nitrogens with zero attached hydrogens (tertiary/aromatic N) is 1. The van der Waals surface area contributed by atoms with Gasteiger partial charge in [-0.3, -0.25) is 19.3 Å². The van der Waals surface area contributed by atoms with Crippen LogP contribution in [0, 0.1) is 35.5 Å². The molecule has 0 N–H and O–H groups in total. The van der Waals surface area contributed by atoms with Crippen LogP contribution < -0.4 is 9.64 Å². The number of rotatable bonds is 4. The molecule has 7 rings (SSSR count). The molecule has 0 spiro atoms. The van der Waals surface area contributed by atoms with Gasteiger partial charge in [-0.2, -0.15) is 0 Å². The Labute approximate surface area is 174 Å². The Morgan fingerprint density at radius 1 is 0.867 bits per heavy atom. The Balaban J connectivity index is 1.18. The summed E-state index contributed by atoms with van der Waals surface area (Å²) in [7, 11) is 0. The Hall–Kier alpha value is -3.21. The highest BCUT2D eigenvalue weighted by Crippen LogP contribution is 2.65. The average Bonchev–Trinajstić information content (AvgIpc) is 3.53. The van der Waals surface area contributed by atoms with Gasteiger partial charge in [-0.1, -0.05) is 42.5 Å². The van der Waals surface area contributed by atoms with E-state index in [1.165, 1.54) is 4.90 Å². The summed E-state index contributed by atoms with van der Waals surface area (Å²) in [5, 5.41) is 0. The van der Waals surface area contributed by atoms with Crippen molar-refractivity contribution in [2.45, 2.75) is 12.8 Å². The van der Waals surface area contributed by atoms with Crippen LogP contribution in [0.25, 0.3) is 0 Å². The van der Waals surface area contributed by atoms with Gasteiger partial charge < -0.3 is 4.74 Å². The van der Waals surface area contributed by atoms with Gasteiger partial charge in [-0.05, 0) is 59.9 Å². The second-order valence-corrected chi connectivity index (χ2v) is 8.80. The number of amides is 2. The second-order valence-electron chi connectivity index (χ2n) is 8.80. The standard InChI is InChI=1S/C25H21NO4/c27-21(12-14-4-2-1-3-5-14)30-16-8-6-15(7-9-16)26-24(28)22-17-10-11-18(20-13-19(17)20)23(22)25(26)29/h1-11,17-20,22-23H,12-13H2. The first-order chi connectivity index (χ1) is 14.6. The number of imide groups is 1. The molecule has 3 fully saturated rings. The molecule has 1 saturated heterocycles. The summed E-state index contributed by atoms with van der Waals surface area (Å²) < 4.78 is 5.41. The quantitative estimate of drug-likeness (QED) is 0.342. The van der Waals surface area contributed by atoms with Crippen molar-refractivity contribution in [1.82, 2.24) is 0 Å². The van der Waals surface area contributed by atoms with Crippen molar-refractivity contribution in [2.75, 3.05) is 4.90 Å². The smallest absolute Gasteiger partial charge is 0.315 e. The molecule has 150 valence electrons. The van der Waals surface area contributed by atoms with E-state index in [1.54, 1.807) is 24.3 Å². The van der Waals surface area contributed by atoms with E-state index in [9.17, 15) is 14.4 Å².